The highest BCUT2D eigenvalue weighted by molar-refractivity contribution is 14.0. The number of aliphatic imine (C=N–C) groups is 1. The van der Waals surface area contributed by atoms with E-state index in [0.29, 0.717) is 25.0 Å². The summed E-state index contributed by atoms with van der Waals surface area (Å²) in [4.78, 5) is 18.2. The van der Waals surface area contributed by atoms with Crippen molar-refractivity contribution in [1.82, 2.24) is 15.5 Å². The van der Waals surface area contributed by atoms with E-state index in [4.69, 9.17) is 5.73 Å². The first-order valence-electron chi connectivity index (χ1n) is 7.71. The van der Waals surface area contributed by atoms with Crippen LogP contribution in [0.3, 0.4) is 0 Å². The van der Waals surface area contributed by atoms with Gasteiger partial charge in [-0.25, -0.2) is 0 Å². The Morgan fingerprint density at radius 1 is 1.33 bits per heavy atom. The second kappa shape index (κ2) is 12.0. The molecule has 4 N–H and O–H groups in total. The first-order valence-corrected chi connectivity index (χ1v) is 7.71. The molecular formula is C14H30IN5O. The third kappa shape index (κ3) is 8.45. The van der Waals surface area contributed by atoms with Gasteiger partial charge in [-0.05, 0) is 32.4 Å². The number of hydrogen-bond acceptors (Lipinski definition) is 3. The molecule has 1 heterocycles. The summed E-state index contributed by atoms with van der Waals surface area (Å²) in [6.07, 6.45) is 3.84. The standard InChI is InChI=1S/C14H29N5O.HI/c1-3-8-16-13(20)7-9-17-14(15)18-11-12-6-5-10-19(12)4-2;/h12H,3-11H2,1-2H3,(H,16,20)(H3,15,17,18);1H. The van der Waals surface area contributed by atoms with Crippen molar-refractivity contribution in [3.63, 3.8) is 0 Å². The van der Waals surface area contributed by atoms with Crippen molar-refractivity contribution in [2.45, 2.75) is 45.6 Å². The predicted octanol–water partition coefficient (Wildman–Crippen LogP) is 0.909. The molecule has 0 aromatic rings. The molecule has 0 aliphatic carbocycles. The number of amides is 1. The number of halogens is 1. The number of carbonyl (C=O) groups is 1. The van der Waals surface area contributed by atoms with Crippen LogP contribution < -0.4 is 16.4 Å². The molecule has 0 aromatic heterocycles. The monoisotopic (exact) mass is 411 g/mol. The quantitative estimate of drug-likeness (QED) is 0.315. The molecule has 0 bridgehead atoms. The molecule has 0 spiro atoms. The highest BCUT2D eigenvalue weighted by Gasteiger charge is 2.22. The highest BCUT2D eigenvalue weighted by atomic mass is 127. The Labute approximate surface area is 145 Å². The number of likely N-dealkylation sites (N-methyl/N-ethyl adjacent to an activating group) is 1. The molecule has 1 aliphatic heterocycles. The van der Waals surface area contributed by atoms with Gasteiger partial charge in [0, 0.05) is 25.6 Å². The van der Waals surface area contributed by atoms with Crippen LogP contribution in [0.5, 0.6) is 0 Å². The number of nitrogens with two attached hydrogens (primary N) is 1. The van der Waals surface area contributed by atoms with Gasteiger partial charge in [-0.15, -0.1) is 24.0 Å². The summed E-state index contributed by atoms with van der Waals surface area (Å²) in [5.41, 5.74) is 5.81. The molecule has 0 aromatic carbocycles. The molecule has 0 radical (unpaired) electrons. The van der Waals surface area contributed by atoms with E-state index in [1.165, 1.54) is 19.4 Å². The van der Waals surface area contributed by atoms with Crippen LogP contribution in [0.25, 0.3) is 0 Å². The van der Waals surface area contributed by atoms with Crippen LogP contribution in [0.1, 0.15) is 39.5 Å². The molecule has 1 rings (SSSR count). The van der Waals surface area contributed by atoms with Gasteiger partial charge in [0.2, 0.25) is 5.91 Å². The zero-order chi connectivity index (χ0) is 14.8. The maximum atomic E-state index is 11.4. The SMILES string of the molecule is CCCNC(=O)CCNC(N)=NCC1CCCN1CC.I. The van der Waals surface area contributed by atoms with Gasteiger partial charge in [0.25, 0.3) is 0 Å². The summed E-state index contributed by atoms with van der Waals surface area (Å²) in [6, 6.07) is 0.521. The first kappa shape index (κ1) is 20.4. The molecule has 124 valence electrons. The van der Waals surface area contributed by atoms with Gasteiger partial charge in [0.15, 0.2) is 5.96 Å². The van der Waals surface area contributed by atoms with Crippen LogP contribution in [0.2, 0.25) is 0 Å². The number of rotatable bonds is 8. The average Bonchev–Trinajstić information content (AvgIpc) is 2.90. The van der Waals surface area contributed by atoms with E-state index in [2.05, 4.69) is 27.4 Å². The van der Waals surface area contributed by atoms with E-state index in [1.807, 2.05) is 6.92 Å². The van der Waals surface area contributed by atoms with Crippen molar-refractivity contribution in [2.75, 3.05) is 32.7 Å². The van der Waals surface area contributed by atoms with Gasteiger partial charge in [-0.1, -0.05) is 13.8 Å². The van der Waals surface area contributed by atoms with E-state index in [-0.39, 0.29) is 29.9 Å². The van der Waals surface area contributed by atoms with Crippen LogP contribution in [0.15, 0.2) is 4.99 Å². The Kier molecular flexibility index (Phi) is 11.7. The number of likely N-dealkylation sites (tertiary alicyclic amines) is 1. The summed E-state index contributed by atoms with van der Waals surface area (Å²) in [7, 11) is 0. The second-order valence-electron chi connectivity index (χ2n) is 5.18. The number of guanidine groups is 1. The Morgan fingerprint density at radius 3 is 2.76 bits per heavy atom. The number of nitrogens with one attached hydrogen (secondary N) is 2. The van der Waals surface area contributed by atoms with Gasteiger partial charge < -0.3 is 16.4 Å². The molecule has 0 saturated carbocycles. The smallest absolute Gasteiger partial charge is 0.221 e. The fourth-order valence-electron chi connectivity index (χ4n) is 2.43. The lowest BCUT2D eigenvalue weighted by atomic mass is 10.2. The van der Waals surface area contributed by atoms with Crippen molar-refractivity contribution >= 4 is 35.8 Å². The van der Waals surface area contributed by atoms with Gasteiger partial charge in [0.05, 0.1) is 6.54 Å². The maximum Gasteiger partial charge on any atom is 0.221 e. The van der Waals surface area contributed by atoms with Crippen molar-refractivity contribution in [1.29, 1.82) is 0 Å². The molecule has 7 heteroatoms. The van der Waals surface area contributed by atoms with Crippen LogP contribution in [0.4, 0.5) is 0 Å². The summed E-state index contributed by atoms with van der Waals surface area (Å²) in [5, 5.41) is 5.83. The fraction of sp³-hybridized carbons (Fsp3) is 0.857. The highest BCUT2D eigenvalue weighted by Crippen LogP contribution is 2.16. The van der Waals surface area contributed by atoms with Crippen LogP contribution in [-0.2, 0) is 4.79 Å². The zero-order valence-corrected chi connectivity index (χ0v) is 15.6. The lowest BCUT2D eigenvalue weighted by Crippen LogP contribution is -2.37. The average molecular weight is 411 g/mol. The lowest BCUT2D eigenvalue weighted by molar-refractivity contribution is -0.120. The van der Waals surface area contributed by atoms with Gasteiger partial charge in [0.1, 0.15) is 0 Å². The molecule has 21 heavy (non-hydrogen) atoms. The largest absolute Gasteiger partial charge is 0.370 e. The third-order valence-corrected chi connectivity index (χ3v) is 3.61. The Hall–Kier alpha value is -0.570. The number of carbonyl (C=O) groups excluding carboxylic acids is 1. The number of nitrogens with zero attached hydrogens (tertiary/aromatic N) is 2. The second-order valence-corrected chi connectivity index (χ2v) is 5.18. The molecule has 1 saturated heterocycles. The molecule has 6 nitrogen and oxygen atoms in total. The first-order chi connectivity index (χ1) is 9.67. The maximum absolute atomic E-state index is 11.4. The molecule has 1 atom stereocenters. The van der Waals surface area contributed by atoms with Gasteiger partial charge >= 0.3 is 0 Å². The topological polar surface area (TPSA) is 82.8 Å². The van der Waals surface area contributed by atoms with E-state index >= 15 is 0 Å². The Bertz CT molecular complexity index is 324. The van der Waals surface area contributed by atoms with E-state index in [0.717, 1.165) is 26.1 Å². The van der Waals surface area contributed by atoms with Crippen molar-refractivity contribution in [2.24, 2.45) is 10.7 Å². The lowest BCUT2D eigenvalue weighted by Gasteiger charge is -2.20. The van der Waals surface area contributed by atoms with Crippen molar-refractivity contribution < 1.29 is 4.79 Å². The van der Waals surface area contributed by atoms with Crippen LogP contribution >= 0.6 is 24.0 Å². The van der Waals surface area contributed by atoms with Crippen molar-refractivity contribution in [3.05, 3.63) is 0 Å². The minimum Gasteiger partial charge on any atom is -0.370 e. The van der Waals surface area contributed by atoms with Gasteiger partial charge in [-0.2, -0.15) is 0 Å². The van der Waals surface area contributed by atoms with Gasteiger partial charge in [-0.3, -0.25) is 14.7 Å². The number of hydrogen-bond donors (Lipinski definition) is 3. The predicted molar refractivity (Wildman–Crippen MR) is 98.1 cm³/mol. The molecule has 1 unspecified atom stereocenters. The normalized spacial score (nSPS) is 19.1. The summed E-state index contributed by atoms with van der Waals surface area (Å²) in [6.45, 7) is 8.47. The third-order valence-electron chi connectivity index (χ3n) is 3.61. The molecule has 1 fully saturated rings. The van der Waals surface area contributed by atoms with E-state index in [1.54, 1.807) is 0 Å². The molecule has 1 aliphatic rings. The summed E-state index contributed by atoms with van der Waals surface area (Å²) >= 11 is 0. The summed E-state index contributed by atoms with van der Waals surface area (Å²) < 4.78 is 0. The van der Waals surface area contributed by atoms with E-state index < -0.39 is 0 Å². The molecule has 1 amide bonds. The van der Waals surface area contributed by atoms with Crippen LogP contribution in [-0.4, -0.2) is 55.5 Å². The molecular weight excluding hydrogens is 381 g/mol. The fourth-order valence-corrected chi connectivity index (χ4v) is 2.43. The van der Waals surface area contributed by atoms with Crippen molar-refractivity contribution in [3.8, 4) is 0 Å². The Balaban J connectivity index is 0.00000400. The minimum atomic E-state index is 0. The van der Waals surface area contributed by atoms with Crippen LogP contribution in [0, 0.1) is 0 Å². The minimum absolute atomic E-state index is 0. The zero-order valence-electron chi connectivity index (χ0n) is 13.2. The Morgan fingerprint density at radius 2 is 2.10 bits per heavy atom. The van der Waals surface area contributed by atoms with E-state index in [9.17, 15) is 4.79 Å². The summed E-state index contributed by atoms with van der Waals surface area (Å²) in [5.74, 6) is 0.497.